The van der Waals surface area contributed by atoms with Crippen LogP contribution >= 0.6 is 0 Å². The SMILES string of the molecule is O=C(N=Nc1c(O)[nH]c2ccccc12)c1nc[nH]c1C(=O)N=Nc1c(O)[nH]c2ccccc12. The third-order valence-electron chi connectivity index (χ3n) is 4.86. The van der Waals surface area contributed by atoms with E-state index in [9.17, 15) is 19.8 Å². The first-order valence-electron chi connectivity index (χ1n) is 9.58. The first-order chi connectivity index (χ1) is 16.0. The van der Waals surface area contributed by atoms with E-state index in [1.165, 1.54) is 0 Å². The van der Waals surface area contributed by atoms with Gasteiger partial charge in [0.2, 0.25) is 11.8 Å². The zero-order valence-corrected chi connectivity index (χ0v) is 16.6. The highest BCUT2D eigenvalue weighted by molar-refractivity contribution is 6.05. The van der Waals surface area contributed by atoms with Gasteiger partial charge in [-0.1, -0.05) is 36.4 Å². The predicted octanol–water partition coefficient (Wildman–Crippen LogP) is 4.63. The number of benzene rings is 2. The number of aromatic hydroxyl groups is 2. The average molecular weight is 442 g/mol. The molecule has 5 N–H and O–H groups in total. The number of hydrogen-bond donors (Lipinski definition) is 5. The van der Waals surface area contributed by atoms with Crippen LogP contribution in [-0.4, -0.2) is 42.0 Å². The molecule has 0 aliphatic rings. The van der Waals surface area contributed by atoms with E-state index in [4.69, 9.17) is 0 Å². The molecule has 0 aliphatic carbocycles. The molecular formula is C21H14N8O4. The van der Waals surface area contributed by atoms with E-state index >= 15 is 0 Å². The Hall–Kier alpha value is -5.13. The number of hydrogen-bond acceptors (Lipinski definition) is 7. The molecule has 0 saturated heterocycles. The molecule has 12 heteroatoms. The lowest BCUT2D eigenvalue weighted by molar-refractivity contribution is 0.0957. The Morgan fingerprint density at radius 1 is 0.758 bits per heavy atom. The standard InChI is InChI=1S/C21H14N8O4/c30-18-14(10-5-1-3-7-12(10)24-18)26-28-20(32)16-17(23-9-22-16)21(33)29-27-15-11-6-2-4-8-13(11)25-19(15)31/h1-9,24-25,30-31H,(H,22,23). The molecule has 33 heavy (non-hydrogen) atoms. The van der Waals surface area contributed by atoms with Crippen molar-refractivity contribution in [2.24, 2.45) is 20.5 Å². The van der Waals surface area contributed by atoms with Crippen molar-refractivity contribution in [3.63, 3.8) is 0 Å². The summed E-state index contributed by atoms with van der Waals surface area (Å²) in [6.45, 7) is 0. The van der Waals surface area contributed by atoms with Gasteiger partial charge in [0, 0.05) is 10.8 Å². The maximum absolute atomic E-state index is 12.5. The second kappa shape index (κ2) is 7.85. The van der Waals surface area contributed by atoms with Crippen molar-refractivity contribution in [3.05, 3.63) is 66.2 Å². The summed E-state index contributed by atoms with van der Waals surface area (Å²) in [5.74, 6) is -2.32. The van der Waals surface area contributed by atoms with E-state index in [1.807, 2.05) is 0 Å². The summed E-state index contributed by atoms with van der Waals surface area (Å²) in [6.07, 6.45) is 1.14. The molecule has 0 spiro atoms. The minimum atomic E-state index is -0.922. The maximum Gasteiger partial charge on any atom is 0.316 e. The second-order valence-corrected chi connectivity index (χ2v) is 6.87. The van der Waals surface area contributed by atoms with Crippen molar-refractivity contribution in [2.45, 2.75) is 0 Å². The maximum atomic E-state index is 12.5. The quantitative estimate of drug-likeness (QED) is 0.254. The normalized spacial score (nSPS) is 11.9. The van der Waals surface area contributed by atoms with Crippen LogP contribution in [-0.2, 0) is 0 Å². The molecule has 5 rings (SSSR count). The third-order valence-corrected chi connectivity index (χ3v) is 4.86. The summed E-state index contributed by atoms with van der Waals surface area (Å²) in [5, 5.41) is 36.0. The third kappa shape index (κ3) is 3.50. The first kappa shape index (κ1) is 19.8. The molecule has 0 bridgehead atoms. The molecule has 2 aromatic carbocycles. The van der Waals surface area contributed by atoms with Gasteiger partial charge in [-0.2, -0.15) is 0 Å². The van der Waals surface area contributed by atoms with Crippen molar-refractivity contribution < 1.29 is 19.8 Å². The summed E-state index contributed by atoms with van der Waals surface area (Å²) < 4.78 is 0. The second-order valence-electron chi connectivity index (χ2n) is 6.87. The average Bonchev–Trinajstić information content (AvgIpc) is 3.51. The highest BCUT2D eigenvalue weighted by Crippen LogP contribution is 2.36. The van der Waals surface area contributed by atoms with Gasteiger partial charge >= 0.3 is 11.8 Å². The Kier molecular flexibility index (Phi) is 4.71. The summed E-state index contributed by atoms with van der Waals surface area (Å²) in [6, 6.07) is 13.9. The Labute approximate surface area is 183 Å². The van der Waals surface area contributed by atoms with Crippen LogP contribution in [0.5, 0.6) is 11.8 Å². The van der Waals surface area contributed by atoms with Crippen molar-refractivity contribution in [2.75, 3.05) is 0 Å². The summed E-state index contributed by atoms with van der Waals surface area (Å²) in [4.78, 5) is 36.9. The number of imidazole rings is 1. The number of carbonyl (C=O) groups is 2. The topological polar surface area (TPSA) is 184 Å². The monoisotopic (exact) mass is 442 g/mol. The molecular weight excluding hydrogens is 428 g/mol. The van der Waals surface area contributed by atoms with E-state index in [1.54, 1.807) is 48.5 Å². The number of nitrogens with one attached hydrogen (secondary N) is 3. The molecule has 0 saturated carbocycles. The van der Waals surface area contributed by atoms with Gasteiger partial charge in [0.25, 0.3) is 0 Å². The fourth-order valence-corrected chi connectivity index (χ4v) is 3.34. The number of carbonyl (C=O) groups excluding carboxylic acids is 2. The molecule has 5 aromatic rings. The Balaban J connectivity index is 1.40. The minimum absolute atomic E-state index is 0.0804. The fourth-order valence-electron chi connectivity index (χ4n) is 3.34. The smallest absolute Gasteiger partial charge is 0.316 e. The number of para-hydroxylation sites is 2. The molecule has 0 radical (unpaired) electrons. The van der Waals surface area contributed by atoms with Crippen LogP contribution in [0.2, 0.25) is 0 Å². The lowest BCUT2D eigenvalue weighted by Crippen LogP contribution is -2.05. The number of fused-ring (bicyclic) bond motifs is 2. The first-order valence-corrected chi connectivity index (χ1v) is 9.58. The zero-order chi connectivity index (χ0) is 22.9. The van der Waals surface area contributed by atoms with E-state index < -0.39 is 11.8 Å². The van der Waals surface area contributed by atoms with Gasteiger partial charge in [-0.15, -0.1) is 20.5 Å². The van der Waals surface area contributed by atoms with Gasteiger partial charge in [-0.25, -0.2) is 4.98 Å². The number of amides is 2. The summed E-state index contributed by atoms with van der Waals surface area (Å²) >= 11 is 0. The van der Waals surface area contributed by atoms with Gasteiger partial charge in [0.05, 0.1) is 17.4 Å². The molecule has 0 aliphatic heterocycles. The van der Waals surface area contributed by atoms with Crippen LogP contribution in [0.1, 0.15) is 21.0 Å². The van der Waals surface area contributed by atoms with Crippen molar-refractivity contribution in [3.8, 4) is 11.8 Å². The van der Waals surface area contributed by atoms with Gasteiger partial charge in [0.15, 0.2) is 17.1 Å². The number of azo groups is 2. The summed E-state index contributed by atoms with van der Waals surface area (Å²) in [5.41, 5.74) is 0.843. The highest BCUT2D eigenvalue weighted by Gasteiger charge is 2.21. The van der Waals surface area contributed by atoms with Crippen LogP contribution in [0.15, 0.2) is 75.3 Å². The van der Waals surface area contributed by atoms with Crippen molar-refractivity contribution in [1.82, 2.24) is 19.9 Å². The van der Waals surface area contributed by atoms with E-state index in [0.29, 0.717) is 21.8 Å². The minimum Gasteiger partial charge on any atom is -0.493 e. The van der Waals surface area contributed by atoms with Gasteiger partial charge < -0.3 is 25.2 Å². The zero-order valence-electron chi connectivity index (χ0n) is 16.6. The van der Waals surface area contributed by atoms with Crippen LogP contribution in [0, 0.1) is 0 Å². The number of aromatic nitrogens is 4. The highest BCUT2D eigenvalue weighted by atomic mass is 16.3. The number of nitrogens with zero attached hydrogens (tertiary/aromatic N) is 5. The molecule has 2 amide bonds. The molecule has 3 heterocycles. The number of H-pyrrole nitrogens is 3. The molecule has 12 nitrogen and oxygen atoms in total. The Bertz CT molecular complexity index is 1470. The molecule has 162 valence electrons. The Morgan fingerprint density at radius 2 is 1.27 bits per heavy atom. The Morgan fingerprint density at radius 3 is 1.85 bits per heavy atom. The van der Waals surface area contributed by atoms with Crippen molar-refractivity contribution >= 4 is 45.0 Å². The lowest BCUT2D eigenvalue weighted by Gasteiger charge is -1.95. The van der Waals surface area contributed by atoms with Crippen molar-refractivity contribution in [1.29, 1.82) is 0 Å². The van der Waals surface area contributed by atoms with Gasteiger partial charge in [-0.05, 0) is 12.1 Å². The molecule has 3 aromatic heterocycles. The van der Waals surface area contributed by atoms with Gasteiger partial charge in [0.1, 0.15) is 5.69 Å². The van der Waals surface area contributed by atoms with Crippen LogP contribution < -0.4 is 0 Å². The lowest BCUT2D eigenvalue weighted by atomic mass is 10.2. The number of aromatic amines is 3. The number of rotatable bonds is 4. The van der Waals surface area contributed by atoms with Crippen LogP contribution in [0.3, 0.4) is 0 Å². The van der Waals surface area contributed by atoms with E-state index in [0.717, 1.165) is 6.33 Å². The predicted molar refractivity (Wildman–Crippen MR) is 116 cm³/mol. The van der Waals surface area contributed by atoms with Crippen LogP contribution in [0.25, 0.3) is 21.8 Å². The largest absolute Gasteiger partial charge is 0.493 e. The van der Waals surface area contributed by atoms with E-state index in [-0.39, 0.29) is 34.5 Å². The summed E-state index contributed by atoms with van der Waals surface area (Å²) in [7, 11) is 0. The molecule has 0 atom stereocenters. The molecule has 0 unspecified atom stereocenters. The molecule has 0 fully saturated rings. The van der Waals surface area contributed by atoms with Gasteiger partial charge in [-0.3, -0.25) is 9.59 Å². The van der Waals surface area contributed by atoms with E-state index in [2.05, 4.69) is 40.4 Å². The fraction of sp³-hybridized carbons (Fsp3) is 0. The van der Waals surface area contributed by atoms with Crippen LogP contribution in [0.4, 0.5) is 11.4 Å².